The third-order valence-corrected chi connectivity index (χ3v) is 5.01. The average molecular weight is 322 g/mol. The Hall–Kier alpha value is -2.13. The molecule has 126 valence electrons. The second kappa shape index (κ2) is 7.63. The molecule has 24 heavy (non-hydrogen) atoms. The molecule has 2 atom stereocenters. The Labute approximate surface area is 144 Å². The Kier molecular flexibility index (Phi) is 5.31. The van der Waals surface area contributed by atoms with E-state index in [1.807, 2.05) is 6.08 Å². The fourth-order valence-electron chi connectivity index (χ4n) is 3.81. The first-order chi connectivity index (χ1) is 11.7. The minimum Gasteiger partial charge on any atom is -0.333 e. The van der Waals surface area contributed by atoms with Crippen molar-refractivity contribution >= 4 is 16.7 Å². The van der Waals surface area contributed by atoms with Crippen molar-refractivity contribution in [2.24, 2.45) is 0 Å². The molecule has 1 fully saturated rings. The lowest BCUT2D eigenvalue weighted by molar-refractivity contribution is -0.131. The number of fused-ring (bicyclic) bond motifs is 1. The Morgan fingerprint density at radius 3 is 2.92 bits per heavy atom. The lowest BCUT2D eigenvalue weighted by Crippen LogP contribution is -2.37. The first-order valence-corrected chi connectivity index (χ1v) is 8.83. The van der Waals surface area contributed by atoms with E-state index in [9.17, 15) is 4.79 Å². The number of hydrogen-bond acceptors (Lipinski definition) is 2. The molecule has 1 aliphatic rings. The van der Waals surface area contributed by atoms with Gasteiger partial charge < -0.3 is 10.2 Å². The van der Waals surface area contributed by atoms with Gasteiger partial charge in [-0.15, -0.1) is 6.58 Å². The standard InChI is InChI=1S/C21H26N2O/c1-3-14-22-15-13-18-11-12-21(24)23(18)16(2)19-10-6-8-17-7-4-5-9-20(17)19/h3-10,16,18,22H,1,11-15H2,2H3. The van der Waals surface area contributed by atoms with Crippen molar-refractivity contribution < 1.29 is 4.79 Å². The maximum Gasteiger partial charge on any atom is 0.223 e. The van der Waals surface area contributed by atoms with Crippen molar-refractivity contribution in [3.63, 3.8) is 0 Å². The summed E-state index contributed by atoms with van der Waals surface area (Å²) < 4.78 is 0. The Balaban J connectivity index is 1.81. The summed E-state index contributed by atoms with van der Waals surface area (Å²) in [5.74, 6) is 0.282. The molecule has 2 unspecified atom stereocenters. The molecule has 0 bridgehead atoms. The van der Waals surface area contributed by atoms with Crippen LogP contribution in [0.3, 0.4) is 0 Å². The lowest BCUT2D eigenvalue weighted by atomic mass is 9.98. The molecule has 1 heterocycles. The van der Waals surface area contributed by atoms with Crippen LogP contribution < -0.4 is 5.32 Å². The summed E-state index contributed by atoms with van der Waals surface area (Å²) in [5.41, 5.74) is 1.24. The summed E-state index contributed by atoms with van der Waals surface area (Å²) in [4.78, 5) is 14.6. The molecular weight excluding hydrogens is 296 g/mol. The van der Waals surface area contributed by atoms with Gasteiger partial charge in [-0.3, -0.25) is 4.79 Å². The highest BCUT2D eigenvalue weighted by Gasteiger charge is 2.34. The SMILES string of the molecule is C=CCNCCC1CCC(=O)N1C(C)c1cccc2ccccc12. The van der Waals surface area contributed by atoms with Crippen LogP contribution in [0.4, 0.5) is 0 Å². The summed E-state index contributed by atoms with van der Waals surface area (Å²) in [6.45, 7) is 7.63. The van der Waals surface area contributed by atoms with E-state index in [2.05, 4.69) is 66.2 Å². The van der Waals surface area contributed by atoms with E-state index >= 15 is 0 Å². The van der Waals surface area contributed by atoms with Crippen LogP contribution >= 0.6 is 0 Å². The summed E-state index contributed by atoms with van der Waals surface area (Å²) in [6, 6.07) is 15.2. The highest BCUT2D eigenvalue weighted by atomic mass is 16.2. The summed E-state index contributed by atoms with van der Waals surface area (Å²) in [7, 11) is 0. The number of carbonyl (C=O) groups excluding carboxylic acids is 1. The van der Waals surface area contributed by atoms with Crippen LogP contribution in [0, 0.1) is 0 Å². The van der Waals surface area contributed by atoms with Gasteiger partial charge in [0.2, 0.25) is 5.91 Å². The van der Waals surface area contributed by atoms with Gasteiger partial charge in [-0.1, -0.05) is 48.5 Å². The molecule has 0 radical (unpaired) electrons. The Morgan fingerprint density at radius 2 is 2.08 bits per heavy atom. The number of rotatable bonds is 7. The van der Waals surface area contributed by atoms with Crippen LogP contribution in [0.2, 0.25) is 0 Å². The molecular formula is C21H26N2O. The second-order valence-corrected chi connectivity index (χ2v) is 6.52. The van der Waals surface area contributed by atoms with E-state index in [0.29, 0.717) is 12.5 Å². The van der Waals surface area contributed by atoms with Gasteiger partial charge in [-0.05, 0) is 42.6 Å². The van der Waals surface area contributed by atoms with Crippen molar-refractivity contribution in [2.75, 3.05) is 13.1 Å². The molecule has 0 aliphatic carbocycles. The molecule has 0 saturated carbocycles. The molecule has 1 N–H and O–H groups in total. The maximum atomic E-state index is 12.5. The summed E-state index contributed by atoms with van der Waals surface area (Å²) in [6.07, 6.45) is 4.50. The molecule has 0 aromatic heterocycles. The fourth-order valence-corrected chi connectivity index (χ4v) is 3.81. The van der Waals surface area contributed by atoms with Crippen molar-refractivity contribution in [1.82, 2.24) is 10.2 Å². The van der Waals surface area contributed by atoms with Gasteiger partial charge in [0.05, 0.1) is 6.04 Å². The van der Waals surface area contributed by atoms with Gasteiger partial charge in [-0.25, -0.2) is 0 Å². The number of amides is 1. The Morgan fingerprint density at radius 1 is 1.29 bits per heavy atom. The number of likely N-dealkylation sites (tertiary alicyclic amines) is 1. The zero-order valence-electron chi connectivity index (χ0n) is 14.4. The minimum atomic E-state index is 0.107. The highest BCUT2D eigenvalue weighted by molar-refractivity contribution is 5.87. The van der Waals surface area contributed by atoms with E-state index in [0.717, 1.165) is 25.9 Å². The molecule has 1 aliphatic heterocycles. The van der Waals surface area contributed by atoms with E-state index in [-0.39, 0.29) is 11.9 Å². The van der Waals surface area contributed by atoms with E-state index in [4.69, 9.17) is 0 Å². The van der Waals surface area contributed by atoms with E-state index in [1.54, 1.807) is 0 Å². The fraction of sp³-hybridized carbons (Fsp3) is 0.381. The summed E-state index contributed by atoms with van der Waals surface area (Å²) in [5, 5.41) is 5.83. The number of hydrogen-bond donors (Lipinski definition) is 1. The number of carbonyl (C=O) groups is 1. The van der Waals surface area contributed by atoms with Crippen LogP contribution in [0.25, 0.3) is 10.8 Å². The van der Waals surface area contributed by atoms with Gasteiger partial charge in [-0.2, -0.15) is 0 Å². The Bertz CT molecular complexity index is 719. The molecule has 3 nitrogen and oxygen atoms in total. The number of nitrogens with zero attached hydrogens (tertiary/aromatic N) is 1. The summed E-state index contributed by atoms with van der Waals surface area (Å²) >= 11 is 0. The monoisotopic (exact) mass is 322 g/mol. The smallest absolute Gasteiger partial charge is 0.223 e. The largest absolute Gasteiger partial charge is 0.333 e. The molecule has 0 spiro atoms. The molecule has 1 amide bonds. The molecule has 3 heteroatoms. The minimum absolute atomic E-state index is 0.107. The van der Waals surface area contributed by atoms with Gasteiger partial charge in [0.15, 0.2) is 0 Å². The third-order valence-electron chi connectivity index (χ3n) is 5.01. The van der Waals surface area contributed by atoms with Gasteiger partial charge in [0.1, 0.15) is 0 Å². The predicted octanol–water partition coefficient (Wildman–Crippen LogP) is 4.06. The highest BCUT2D eigenvalue weighted by Crippen LogP contribution is 2.34. The van der Waals surface area contributed by atoms with Crippen LogP contribution in [0.15, 0.2) is 55.1 Å². The van der Waals surface area contributed by atoms with Gasteiger partial charge in [0, 0.05) is 19.0 Å². The number of nitrogens with one attached hydrogen (secondary N) is 1. The molecule has 3 rings (SSSR count). The maximum absolute atomic E-state index is 12.5. The van der Waals surface area contributed by atoms with Gasteiger partial charge in [0.25, 0.3) is 0 Å². The average Bonchev–Trinajstić information content (AvgIpc) is 2.98. The van der Waals surface area contributed by atoms with Crippen molar-refractivity contribution in [2.45, 2.75) is 38.3 Å². The first-order valence-electron chi connectivity index (χ1n) is 8.83. The van der Waals surface area contributed by atoms with Crippen molar-refractivity contribution in [3.8, 4) is 0 Å². The topological polar surface area (TPSA) is 32.3 Å². The van der Waals surface area contributed by atoms with E-state index in [1.165, 1.54) is 16.3 Å². The molecule has 2 aromatic carbocycles. The predicted molar refractivity (Wildman–Crippen MR) is 99.9 cm³/mol. The van der Waals surface area contributed by atoms with Crippen LogP contribution in [0.5, 0.6) is 0 Å². The van der Waals surface area contributed by atoms with Crippen LogP contribution in [0.1, 0.15) is 37.8 Å². The first kappa shape index (κ1) is 16.7. The second-order valence-electron chi connectivity index (χ2n) is 6.52. The third kappa shape index (κ3) is 3.36. The van der Waals surface area contributed by atoms with Crippen molar-refractivity contribution in [1.29, 1.82) is 0 Å². The van der Waals surface area contributed by atoms with Crippen LogP contribution in [-0.4, -0.2) is 29.9 Å². The quantitative estimate of drug-likeness (QED) is 0.616. The zero-order valence-corrected chi connectivity index (χ0v) is 14.4. The normalized spacial score (nSPS) is 19.0. The lowest BCUT2D eigenvalue weighted by Gasteiger charge is -2.32. The van der Waals surface area contributed by atoms with Gasteiger partial charge >= 0.3 is 0 Å². The molecule has 2 aromatic rings. The molecule has 1 saturated heterocycles. The van der Waals surface area contributed by atoms with E-state index < -0.39 is 0 Å². The number of benzene rings is 2. The zero-order chi connectivity index (χ0) is 16.9. The van der Waals surface area contributed by atoms with Crippen LogP contribution in [-0.2, 0) is 4.79 Å². The van der Waals surface area contributed by atoms with Crippen molar-refractivity contribution in [3.05, 3.63) is 60.7 Å².